The molecule has 0 unspecified atom stereocenters. The number of rotatable bonds is 3. The van der Waals surface area contributed by atoms with Crippen LogP contribution < -0.4 is 20.7 Å². The Kier molecular flexibility index (Phi) is 6.09. The molecule has 2 fully saturated rings. The zero-order chi connectivity index (χ0) is 22.0. The summed E-state index contributed by atoms with van der Waals surface area (Å²) in [6, 6.07) is 7.84. The predicted octanol–water partition coefficient (Wildman–Crippen LogP) is 2.86. The number of ether oxygens (including phenoxy) is 2. The fourth-order valence-corrected chi connectivity index (χ4v) is 4.28. The van der Waals surface area contributed by atoms with Gasteiger partial charge in [-0.1, -0.05) is 6.07 Å². The van der Waals surface area contributed by atoms with Crippen LogP contribution >= 0.6 is 0 Å². The Morgan fingerprint density at radius 3 is 2.68 bits per heavy atom. The lowest BCUT2D eigenvalue weighted by atomic mass is 10.0. The number of H-pyrrole nitrogens is 1. The van der Waals surface area contributed by atoms with E-state index in [0.717, 1.165) is 68.0 Å². The summed E-state index contributed by atoms with van der Waals surface area (Å²) in [6.07, 6.45) is 1.39. The van der Waals surface area contributed by atoms with Crippen LogP contribution in [0, 0.1) is 0 Å². The first-order valence-electron chi connectivity index (χ1n) is 11.0. The van der Waals surface area contributed by atoms with Crippen molar-refractivity contribution in [3.63, 3.8) is 0 Å². The maximum atomic E-state index is 12.4. The zero-order valence-corrected chi connectivity index (χ0v) is 18.6. The topological polar surface area (TPSA) is 86.9 Å². The van der Waals surface area contributed by atoms with Crippen molar-refractivity contribution in [3.8, 4) is 0 Å². The lowest BCUT2D eigenvalue weighted by Crippen LogP contribution is -2.49. The van der Waals surface area contributed by atoms with E-state index in [0.29, 0.717) is 6.54 Å². The van der Waals surface area contributed by atoms with Gasteiger partial charge in [-0.3, -0.25) is 4.79 Å². The molecule has 8 heteroatoms. The Morgan fingerprint density at radius 2 is 1.94 bits per heavy atom. The summed E-state index contributed by atoms with van der Waals surface area (Å²) in [7, 11) is 0. The number of nitrogens with one attached hydrogen (secondary N) is 2. The Balaban J connectivity index is 1.58. The lowest BCUT2D eigenvalue weighted by molar-refractivity contribution is 0.0500. The van der Waals surface area contributed by atoms with Crippen LogP contribution in [0.4, 0.5) is 16.3 Å². The second-order valence-electron chi connectivity index (χ2n) is 9.28. The Bertz CT molecular complexity index is 991. The van der Waals surface area contributed by atoms with Crippen LogP contribution in [-0.2, 0) is 9.47 Å². The second-order valence-corrected chi connectivity index (χ2v) is 9.28. The molecule has 0 saturated carbocycles. The highest BCUT2D eigenvalue weighted by molar-refractivity contribution is 5.94. The van der Waals surface area contributed by atoms with E-state index >= 15 is 0 Å². The highest BCUT2D eigenvalue weighted by Crippen LogP contribution is 2.30. The molecule has 3 heterocycles. The molecule has 1 amide bonds. The molecule has 2 saturated heterocycles. The Morgan fingerprint density at radius 1 is 1.16 bits per heavy atom. The largest absolute Gasteiger partial charge is 0.444 e. The fourth-order valence-electron chi connectivity index (χ4n) is 4.28. The minimum absolute atomic E-state index is 0.0372. The molecule has 8 nitrogen and oxygen atoms in total. The number of aromatic amines is 1. The average Bonchev–Trinajstić information content (AvgIpc) is 2.72. The second kappa shape index (κ2) is 8.78. The predicted molar refractivity (Wildman–Crippen MR) is 122 cm³/mol. The van der Waals surface area contributed by atoms with E-state index in [4.69, 9.17) is 9.47 Å². The number of aromatic nitrogens is 1. The third kappa shape index (κ3) is 5.31. The van der Waals surface area contributed by atoms with Gasteiger partial charge in [0, 0.05) is 49.4 Å². The van der Waals surface area contributed by atoms with Crippen LogP contribution in [0.5, 0.6) is 0 Å². The SMILES string of the molecule is CC(C)(C)OC(=O)N[C@H]1CCCN(c2[nH]c(=O)cc3ccc(N4CCOCC4)cc23)C1. The lowest BCUT2D eigenvalue weighted by Gasteiger charge is -2.35. The third-order valence-corrected chi connectivity index (χ3v) is 5.65. The minimum Gasteiger partial charge on any atom is -0.444 e. The zero-order valence-electron chi connectivity index (χ0n) is 18.6. The van der Waals surface area contributed by atoms with Crippen LogP contribution in [0.3, 0.4) is 0 Å². The van der Waals surface area contributed by atoms with Crippen LogP contribution in [0.2, 0.25) is 0 Å². The van der Waals surface area contributed by atoms with E-state index < -0.39 is 11.7 Å². The maximum absolute atomic E-state index is 12.4. The highest BCUT2D eigenvalue weighted by Gasteiger charge is 2.26. The number of pyridine rings is 1. The first-order valence-corrected chi connectivity index (χ1v) is 11.0. The molecule has 1 atom stereocenters. The van der Waals surface area contributed by atoms with Crippen molar-refractivity contribution in [1.29, 1.82) is 0 Å². The number of hydrogen-bond acceptors (Lipinski definition) is 6. The molecule has 2 N–H and O–H groups in total. The number of alkyl carbamates (subject to hydrolysis) is 1. The number of fused-ring (bicyclic) bond motifs is 1. The minimum atomic E-state index is -0.533. The molecule has 1 aromatic heterocycles. The molecule has 4 rings (SSSR count). The van der Waals surface area contributed by atoms with Crippen molar-refractivity contribution >= 4 is 28.4 Å². The number of anilines is 2. The summed E-state index contributed by atoms with van der Waals surface area (Å²) >= 11 is 0. The van der Waals surface area contributed by atoms with E-state index in [1.807, 2.05) is 26.8 Å². The Labute approximate surface area is 182 Å². The monoisotopic (exact) mass is 428 g/mol. The van der Waals surface area contributed by atoms with Crippen LogP contribution in [0.25, 0.3) is 10.8 Å². The maximum Gasteiger partial charge on any atom is 0.407 e. The fraction of sp³-hybridized carbons (Fsp3) is 0.565. The summed E-state index contributed by atoms with van der Waals surface area (Å²) < 4.78 is 10.9. The molecule has 0 radical (unpaired) electrons. The number of nitrogens with zero attached hydrogens (tertiary/aromatic N) is 2. The van der Waals surface area contributed by atoms with Crippen molar-refractivity contribution < 1.29 is 14.3 Å². The highest BCUT2D eigenvalue weighted by atomic mass is 16.6. The van der Waals surface area contributed by atoms with E-state index in [1.165, 1.54) is 0 Å². The van der Waals surface area contributed by atoms with Gasteiger partial charge < -0.3 is 29.6 Å². The van der Waals surface area contributed by atoms with Crippen molar-refractivity contribution in [2.45, 2.75) is 45.3 Å². The van der Waals surface area contributed by atoms with Gasteiger partial charge in [0.1, 0.15) is 11.4 Å². The standard InChI is InChI=1S/C23H32N4O4/c1-23(2,3)31-22(29)24-17-5-4-8-27(15-17)21-19-14-18(26-9-11-30-12-10-26)7-6-16(19)13-20(28)25-21/h6-7,13-14,17H,4-5,8-12,15H2,1-3H3,(H,24,29)(H,25,28)/t17-/m0/s1. The number of amides is 1. The van der Waals surface area contributed by atoms with Crippen LogP contribution in [-0.4, -0.2) is 62.1 Å². The van der Waals surface area contributed by atoms with Crippen LogP contribution in [0.1, 0.15) is 33.6 Å². The average molecular weight is 429 g/mol. The van der Waals surface area contributed by atoms with Gasteiger partial charge in [0.2, 0.25) is 5.56 Å². The Hall–Kier alpha value is -2.74. The normalized spacial score (nSPS) is 20.0. The van der Waals surface area contributed by atoms with E-state index in [-0.39, 0.29) is 11.6 Å². The van der Waals surface area contributed by atoms with Gasteiger partial charge in [0.25, 0.3) is 0 Å². The van der Waals surface area contributed by atoms with Crippen LogP contribution in [0.15, 0.2) is 29.1 Å². The molecular weight excluding hydrogens is 396 g/mol. The number of carbonyl (C=O) groups is 1. The molecule has 0 bridgehead atoms. The molecular formula is C23H32N4O4. The first-order chi connectivity index (χ1) is 14.8. The number of carbonyl (C=O) groups excluding carboxylic acids is 1. The van der Waals surface area contributed by atoms with E-state index in [2.05, 4.69) is 32.2 Å². The van der Waals surface area contributed by atoms with Gasteiger partial charge in [0.05, 0.1) is 13.2 Å². The summed E-state index contributed by atoms with van der Waals surface area (Å²) in [4.78, 5) is 32.1. The molecule has 2 aliphatic rings. The van der Waals surface area contributed by atoms with Crippen molar-refractivity contribution in [2.24, 2.45) is 0 Å². The molecule has 0 aliphatic carbocycles. The first kappa shape index (κ1) is 21.5. The molecule has 0 spiro atoms. The van der Waals surface area contributed by atoms with Gasteiger partial charge in [-0.15, -0.1) is 0 Å². The molecule has 2 aliphatic heterocycles. The van der Waals surface area contributed by atoms with Gasteiger partial charge in [-0.2, -0.15) is 0 Å². The van der Waals surface area contributed by atoms with Crippen molar-refractivity contribution in [3.05, 3.63) is 34.6 Å². The van der Waals surface area contributed by atoms with Crippen molar-refractivity contribution in [2.75, 3.05) is 49.2 Å². The van der Waals surface area contributed by atoms with Crippen molar-refractivity contribution in [1.82, 2.24) is 10.3 Å². The molecule has 31 heavy (non-hydrogen) atoms. The van der Waals surface area contributed by atoms with Gasteiger partial charge in [-0.05, 0) is 51.1 Å². The van der Waals surface area contributed by atoms with E-state index in [9.17, 15) is 9.59 Å². The number of morpholine rings is 1. The third-order valence-electron chi connectivity index (χ3n) is 5.65. The number of hydrogen-bond donors (Lipinski definition) is 2. The number of piperidine rings is 1. The van der Waals surface area contributed by atoms with Gasteiger partial charge in [-0.25, -0.2) is 4.79 Å². The van der Waals surface area contributed by atoms with E-state index in [1.54, 1.807) is 6.07 Å². The summed E-state index contributed by atoms with van der Waals surface area (Å²) in [5.41, 5.74) is 0.475. The number of benzene rings is 1. The molecule has 168 valence electrons. The summed E-state index contributed by atoms with van der Waals surface area (Å²) in [5.74, 6) is 0.813. The smallest absolute Gasteiger partial charge is 0.407 e. The summed E-state index contributed by atoms with van der Waals surface area (Å²) in [5, 5.41) is 4.91. The van der Waals surface area contributed by atoms with Gasteiger partial charge in [0.15, 0.2) is 0 Å². The quantitative estimate of drug-likeness (QED) is 0.782. The summed E-state index contributed by atoms with van der Waals surface area (Å²) in [6.45, 7) is 10.2. The molecule has 1 aromatic carbocycles. The molecule has 2 aromatic rings. The van der Waals surface area contributed by atoms with Gasteiger partial charge >= 0.3 is 6.09 Å².